The van der Waals surface area contributed by atoms with Crippen molar-refractivity contribution in [1.82, 2.24) is 9.80 Å². The summed E-state index contributed by atoms with van der Waals surface area (Å²) in [6.07, 6.45) is 6.52. The minimum Gasteiger partial charge on any atom is -0.497 e. The molecular weight excluding hydrogens is 352 g/mol. The van der Waals surface area contributed by atoms with Gasteiger partial charge in [0.1, 0.15) is 5.75 Å². The van der Waals surface area contributed by atoms with Crippen LogP contribution in [0.25, 0.3) is 0 Å². The fraction of sp³-hybridized carbons (Fsp3) is 0.652. The normalized spacial score (nSPS) is 33.8. The van der Waals surface area contributed by atoms with Gasteiger partial charge in [-0.1, -0.05) is 6.07 Å². The maximum absolute atomic E-state index is 13.3. The molecule has 4 saturated carbocycles. The molecule has 5 nitrogen and oxygen atoms in total. The Labute approximate surface area is 167 Å². The van der Waals surface area contributed by atoms with Gasteiger partial charge in [0.2, 0.25) is 5.91 Å². The van der Waals surface area contributed by atoms with Crippen molar-refractivity contribution in [2.75, 3.05) is 33.3 Å². The lowest BCUT2D eigenvalue weighted by atomic mass is 9.51. The summed E-state index contributed by atoms with van der Waals surface area (Å²) in [4.78, 5) is 30.1. The van der Waals surface area contributed by atoms with Crippen LogP contribution in [0.4, 0.5) is 0 Å². The Morgan fingerprint density at radius 3 is 2.11 bits per heavy atom. The SMILES string of the molecule is COc1cccc(C(=O)N2CCN(C(=O)C3C4CC5CC(C4)CC3C5)CC2)c1. The number of ether oxygens (including phenoxy) is 1. The van der Waals surface area contributed by atoms with E-state index in [0.29, 0.717) is 55.2 Å². The molecule has 0 aromatic heterocycles. The van der Waals surface area contributed by atoms with Crippen LogP contribution in [-0.2, 0) is 4.79 Å². The Morgan fingerprint density at radius 2 is 1.50 bits per heavy atom. The standard InChI is InChI=1S/C23H30N2O3/c1-28-20-4-2-3-17(14-20)22(26)24-5-7-25(8-6-24)23(27)21-18-10-15-9-16(12-18)13-19(21)11-15/h2-4,14-16,18-19,21H,5-13H2,1H3. The van der Waals surface area contributed by atoms with Gasteiger partial charge in [-0.15, -0.1) is 0 Å². The molecule has 6 rings (SSSR count). The van der Waals surface area contributed by atoms with Crippen molar-refractivity contribution in [3.63, 3.8) is 0 Å². The highest BCUT2D eigenvalue weighted by atomic mass is 16.5. The molecule has 0 spiro atoms. The predicted octanol–water partition coefficient (Wildman–Crippen LogP) is 3.05. The first-order valence-corrected chi connectivity index (χ1v) is 10.8. The lowest BCUT2D eigenvalue weighted by molar-refractivity contribution is -0.150. The van der Waals surface area contributed by atoms with E-state index in [1.54, 1.807) is 13.2 Å². The van der Waals surface area contributed by atoms with Gasteiger partial charge in [0.05, 0.1) is 7.11 Å². The van der Waals surface area contributed by atoms with E-state index in [1.807, 2.05) is 28.0 Å². The van der Waals surface area contributed by atoms with Crippen molar-refractivity contribution in [3.8, 4) is 5.75 Å². The van der Waals surface area contributed by atoms with Gasteiger partial charge >= 0.3 is 0 Å². The summed E-state index contributed by atoms with van der Waals surface area (Å²) in [6.45, 7) is 2.57. The van der Waals surface area contributed by atoms with Crippen LogP contribution >= 0.6 is 0 Å². The van der Waals surface area contributed by atoms with Crippen LogP contribution in [0.1, 0.15) is 42.5 Å². The first kappa shape index (κ1) is 18.0. The summed E-state index contributed by atoms with van der Waals surface area (Å²) < 4.78 is 5.23. The van der Waals surface area contributed by atoms with Crippen LogP contribution in [0.3, 0.4) is 0 Å². The second-order valence-corrected chi connectivity index (χ2v) is 9.31. The molecule has 5 aliphatic rings. The lowest BCUT2D eigenvalue weighted by Gasteiger charge is -2.54. The summed E-state index contributed by atoms with van der Waals surface area (Å²) in [5.41, 5.74) is 0.653. The summed E-state index contributed by atoms with van der Waals surface area (Å²) in [7, 11) is 1.61. The smallest absolute Gasteiger partial charge is 0.254 e. The highest BCUT2D eigenvalue weighted by molar-refractivity contribution is 5.94. The molecule has 1 aliphatic heterocycles. The Balaban J connectivity index is 1.21. The van der Waals surface area contributed by atoms with Crippen molar-refractivity contribution in [3.05, 3.63) is 29.8 Å². The number of nitrogens with zero attached hydrogens (tertiary/aromatic N) is 2. The number of benzene rings is 1. The molecule has 4 bridgehead atoms. The summed E-state index contributed by atoms with van der Waals surface area (Å²) in [5, 5.41) is 0. The largest absolute Gasteiger partial charge is 0.497 e. The molecule has 4 aliphatic carbocycles. The van der Waals surface area contributed by atoms with E-state index in [1.165, 1.54) is 32.1 Å². The molecule has 5 heteroatoms. The maximum Gasteiger partial charge on any atom is 0.254 e. The second kappa shape index (κ2) is 7.09. The molecule has 0 radical (unpaired) electrons. The van der Waals surface area contributed by atoms with E-state index in [-0.39, 0.29) is 11.8 Å². The first-order chi connectivity index (χ1) is 13.6. The molecule has 2 amide bonds. The van der Waals surface area contributed by atoms with Gasteiger partial charge in [0.25, 0.3) is 5.91 Å². The molecule has 0 unspecified atom stereocenters. The number of carbonyl (C=O) groups is 2. The van der Waals surface area contributed by atoms with Crippen molar-refractivity contribution < 1.29 is 14.3 Å². The van der Waals surface area contributed by atoms with Crippen molar-refractivity contribution in [2.45, 2.75) is 32.1 Å². The molecule has 5 fully saturated rings. The molecule has 0 N–H and O–H groups in total. The van der Waals surface area contributed by atoms with Crippen LogP contribution in [0, 0.1) is 29.6 Å². The number of hydrogen-bond donors (Lipinski definition) is 0. The quantitative estimate of drug-likeness (QED) is 0.807. The fourth-order valence-corrected chi connectivity index (χ4v) is 6.61. The third-order valence-corrected chi connectivity index (χ3v) is 7.71. The van der Waals surface area contributed by atoms with Crippen LogP contribution < -0.4 is 4.74 Å². The van der Waals surface area contributed by atoms with E-state index in [0.717, 1.165) is 11.8 Å². The summed E-state index contributed by atoms with van der Waals surface area (Å²) >= 11 is 0. The zero-order chi connectivity index (χ0) is 19.3. The molecule has 28 heavy (non-hydrogen) atoms. The summed E-state index contributed by atoms with van der Waals surface area (Å²) in [5.74, 6) is 4.39. The number of hydrogen-bond acceptors (Lipinski definition) is 3. The molecule has 1 saturated heterocycles. The van der Waals surface area contributed by atoms with Crippen molar-refractivity contribution >= 4 is 11.8 Å². The van der Waals surface area contributed by atoms with Gasteiger partial charge in [-0.05, 0) is 74.0 Å². The molecule has 1 aromatic rings. The van der Waals surface area contributed by atoms with Gasteiger partial charge in [-0.25, -0.2) is 0 Å². The first-order valence-electron chi connectivity index (χ1n) is 10.8. The van der Waals surface area contributed by atoms with E-state index < -0.39 is 0 Å². The van der Waals surface area contributed by atoms with Crippen LogP contribution in [-0.4, -0.2) is 54.9 Å². The van der Waals surface area contributed by atoms with Gasteiger partial charge in [0.15, 0.2) is 0 Å². The van der Waals surface area contributed by atoms with Crippen LogP contribution in [0.15, 0.2) is 24.3 Å². The van der Waals surface area contributed by atoms with Crippen LogP contribution in [0.5, 0.6) is 5.75 Å². The Hall–Kier alpha value is -2.04. The molecular formula is C23H30N2O3. The average molecular weight is 383 g/mol. The van der Waals surface area contributed by atoms with Crippen molar-refractivity contribution in [2.24, 2.45) is 29.6 Å². The minimum atomic E-state index is 0.0284. The van der Waals surface area contributed by atoms with E-state index >= 15 is 0 Å². The van der Waals surface area contributed by atoms with Gasteiger partial charge in [0, 0.05) is 37.7 Å². The van der Waals surface area contributed by atoms with Gasteiger partial charge in [-0.2, -0.15) is 0 Å². The van der Waals surface area contributed by atoms with E-state index in [4.69, 9.17) is 4.74 Å². The van der Waals surface area contributed by atoms with E-state index in [9.17, 15) is 9.59 Å². The molecule has 150 valence electrons. The molecule has 1 heterocycles. The highest BCUT2D eigenvalue weighted by Crippen LogP contribution is 2.56. The molecule has 0 atom stereocenters. The van der Waals surface area contributed by atoms with E-state index in [2.05, 4.69) is 0 Å². The van der Waals surface area contributed by atoms with Gasteiger partial charge < -0.3 is 14.5 Å². The fourth-order valence-electron chi connectivity index (χ4n) is 6.61. The lowest BCUT2D eigenvalue weighted by Crippen LogP contribution is -2.56. The van der Waals surface area contributed by atoms with Crippen molar-refractivity contribution in [1.29, 1.82) is 0 Å². The van der Waals surface area contributed by atoms with Gasteiger partial charge in [-0.3, -0.25) is 9.59 Å². The Bertz CT molecular complexity index is 741. The predicted molar refractivity (Wildman–Crippen MR) is 106 cm³/mol. The second-order valence-electron chi connectivity index (χ2n) is 9.31. The zero-order valence-electron chi connectivity index (χ0n) is 16.7. The Kier molecular flexibility index (Phi) is 4.56. The zero-order valence-corrected chi connectivity index (χ0v) is 16.7. The number of piperazine rings is 1. The summed E-state index contributed by atoms with van der Waals surface area (Å²) in [6, 6.07) is 7.31. The minimum absolute atomic E-state index is 0.0284. The number of rotatable bonds is 3. The number of methoxy groups -OCH3 is 1. The average Bonchev–Trinajstić information content (AvgIpc) is 2.72. The third-order valence-electron chi connectivity index (χ3n) is 7.71. The maximum atomic E-state index is 13.3. The molecule has 1 aromatic carbocycles. The van der Waals surface area contributed by atoms with Crippen LogP contribution in [0.2, 0.25) is 0 Å². The Morgan fingerprint density at radius 1 is 0.893 bits per heavy atom. The monoisotopic (exact) mass is 382 g/mol. The topological polar surface area (TPSA) is 49.9 Å². The third kappa shape index (κ3) is 3.09. The highest BCUT2D eigenvalue weighted by Gasteiger charge is 2.51. The number of carbonyl (C=O) groups excluding carboxylic acids is 2. The number of amides is 2.